The van der Waals surface area contributed by atoms with Gasteiger partial charge in [-0.25, -0.2) is 14.6 Å². The molecule has 0 N–H and O–H groups in total. The molecule has 0 bridgehead atoms. The number of nitrogens with zero attached hydrogens (tertiary/aromatic N) is 5. The molecule has 7 nitrogen and oxygen atoms in total. The van der Waals surface area contributed by atoms with Crippen LogP contribution in [-0.2, 0) is 9.47 Å². The van der Waals surface area contributed by atoms with Gasteiger partial charge in [0.15, 0.2) is 11.9 Å². The monoisotopic (exact) mass is 365 g/mol. The topological polar surface area (TPSA) is 66.5 Å². The van der Waals surface area contributed by atoms with Gasteiger partial charge in [-0.2, -0.15) is 5.10 Å². The normalized spacial score (nSPS) is 20.8. The summed E-state index contributed by atoms with van der Waals surface area (Å²) < 4.78 is 15.5. The highest BCUT2D eigenvalue weighted by atomic mass is 16.5. The lowest BCUT2D eigenvalue weighted by atomic mass is 10.1. The van der Waals surface area contributed by atoms with E-state index in [-0.39, 0.29) is 6.23 Å². The average Bonchev–Trinajstić information content (AvgIpc) is 3.34. The molecule has 0 aromatic carbocycles. The Hall–Kier alpha value is -2.51. The zero-order valence-corrected chi connectivity index (χ0v) is 15.5. The summed E-state index contributed by atoms with van der Waals surface area (Å²) in [5, 5.41) is 4.55. The maximum atomic E-state index is 5.97. The van der Waals surface area contributed by atoms with Gasteiger partial charge < -0.3 is 13.9 Å². The number of aromatic nitrogens is 5. The minimum Gasteiger partial charge on any atom is -0.377 e. The number of ether oxygens (including phenoxy) is 2. The Morgan fingerprint density at radius 3 is 2.93 bits per heavy atom. The van der Waals surface area contributed by atoms with E-state index in [1.54, 1.807) is 0 Å². The minimum absolute atomic E-state index is 0.0346. The van der Waals surface area contributed by atoms with Crippen molar-refractivity contribution in [2.45, 2.75) is 38.8 Å². The molecule has 140 valence electrons. The van der Waals surface area contributed by atoms with E-state index < -0.39 is 0 Å². The van der Waals surface area contributed by atoms with E-state index in [9.17, 15) is 0 Å². The number of aryl methyl sites for hydroxylation is 1. The lowest BCUT2D eigenvalue weighted by molar-refractivity contribution is -0.0383. The van der Waals surface area contributed by atoms with Crippen molar-refractivity contribution in [2.24, 2.45) is 0 Å². The van der Waals surface area contributed by atoms with Gasteiger partial charge in [-0.15, -0.1) is 0 Å². The van der Waals surface area contributed by atoms with Gasteiger partial charge in [0.2, 0.25) is 0 Å². The van der Waals surface area contributed by atoms with Gasteiger partial charge in [0.1, 0.15) is 5.69 Å². The van der Waals surface area contributed by atoms with Crippen molar-refractivity contribution in [1.29, 1.82) is 0 Å². The first kappa shape index (κ1) is 16.6. The maximum Gasteiger partial charge on any atom is 0.165 e. The summed E-state index contributed by atoms with van der Waals surface area (Å²) in [6, 6.07) is 2.01. The molecule has 5 heterocycles. The zero-order valence-electron chi connectivity index (χ0n) is 15.5. The van der Waals surface area contributed by atoms with E-state index in [2.05, 4.69) is 21.8 Å². The second-order valence-corrected chi connectivity index (χ2v) is 7.12. The Balaban J connectivity index is 1.66. The van der Waals surface area contributed by atoms with Gasteiger partial charge in [-0.05, 0) is 44.2 Å². The molecule has 5 rings (SSSR count). The molecule has 1 fully saturated rings. The van der Waals surface area contributed by atoms with Gasteiger partial charge >= 0.3 is 0 Å². The fraction of sp³-hybridized carbons (Fsp3) is 0.450. The fourth-order valence-electron chi connectivity index (χ4n) is 3.85. The van der Waals surface area contributed by atoms with Gasteiger partial charge in [0, 0.05) is 25.2 Å². The summed E-state index contributed by atoms with van der Waals surface area (Å²) in [4.78, 5) is 9.73. The SMILES string of the molecule is Cc1cn2cc(C3=CCOCC3)nc(-c3ccnn3C3CCCCO3)c2n1. The van der Waals surface area contributed by atoms with Crippen LogP contribution in [0.5, 0.6) is 0 Å². The Morgan fingerprint density at radius 2 is 2.11 bits per heavy atom. The lowest BCUT2D eigenvalue weighted by Gasteiger charge is -2.24. The van der Waals surface area contributed by atoms with Crippen LogP contribution < -0.4 is 0 Å². The van der Waals surface area contributed by atoms with E-state index in [1.165, 1.54) is 5.57 Å². The van der Waals surface area contributed by atoms with Gasteiger partial charge in [-0.1, -0.05) is 6.08 Å². The van der Waals surface area contributed by atoms with Crippen LogP contribution in [0.25, 0.3) is 22.6 Å². The first-order valence-electron chi connectivity index (χ1n) is 9.58. The largest absolute Gasteiger partial charge is 0.377 e. The van der Waals surface area contributed by atoms with E-state index in [4.69, 9.17) is 19.4 Å². The predicted molar refractivity (Wildman–Crippen MR) is 101 cm³/mol. The highest BCUT2D eigenvalue weighted by Crippen LogP contribution is 2.31. The summed E-state index contributed by atoms with van der Waals surface area (Å²) >= 11 is 0. The first-order chi connectivity index (χ1) is 13.3. The van der Waals surface area contributed by atoms with Crippen LogP contribution in [0.2, 0.25) is 0 Å². The van der Waals surface area contributed by atoms with Crippen molar-refractivity contribution < 1.29 is 9.47 Å². The van der Waals surface area contributed by atoms with Crippen LogP contribution in [0.15, 0.2) is 30.7 Å². The van der Waals surface area contributed by atoms with Gasteiger partial charge in [0.05, 0.1) is 30.3 Å². The quantitative estimate of drug-likeness (QED) is 0.712. The minimum atomic E-state index is -0.0346. The molecule has 27 heavy (non-hydrogen) atoms. The third-order valence-electron chi connectivity index (χ3n) is 5.19. The van der Waals surface area contributed by atoms with Crippen molar-refractivity contribution >= 4 is 11.2 Å². The van der Waals surface area contributed by atoms with Crippen LogP contribution in [0.3, 0.4) is 0 Å². The molecular weight excluding hydrogens is 342 g/mol. The molecule has 0 aliphatic carbocycles. The van der Waals surface area contributed by atoms with Crippen molar-refractivity contribution in [2.75, 3.05) is 19.8 Å². The molecule has 1 saturated heterocycles. The third kappa shape index (κ3) is 3.07. The number of hydrogen-bond acceptors (Lipinski definition) is 5. The summed E-state index contributed by atoms with van der Waals surface area (Å²) in [5.74, 6) is 0. The van der Waals surface area contributed by atoms with Crippen LogP contribution in [0.1, 0.15) is 43.3 Å². The van der Waals surface area contributed by atoms with E-state index in [0.717, 1.165) is 67.3 Å². The van der Waals surface area contributed by atoms with Crippen molar-refractivity contribution in [1.82, 2.24) is 24.1 Å². The standard InChI is InChI=1S/C20H23N5O2/c1-14-12-24-13-16(15-6-10-26-11-7-15)23-19(20(24)22-14)17-5-8-21-25(17)18-4-2-3-9-27-18/h5-6,8,12-13,18H,2-4,7,9-11H2,1H3. The number of hydrogen-bond donors (Lipinski definition) is 0. The third-order valence-corrected chi connectivity index (χ3v) is 5.19. The molecule has 2 aliphatic heterocycles. The molecule has 7 heteroatoms. The summed E-state index contributed by atoms with van der Waals surface area (Å²) in [6.07, 6.45) is 12.1. The van der Waals surface area contributed by atoms with Crippen LogP contribution >= 0.6 is 0 Å². The molecule has 1 unspecified atom stereocenters. The Kier molecular flexibility index (Phi) is 4.26. The maximum absolute atomic E-state index is 5.97. The van der Waals surface area contributed by atoms with Crippen molar-refractivity contribution in [3.63, 3.8) is 0 Å². The average molecular weight is 365 g/mol. The molecule has 0 radical (unpaired) electrons. The predicted octanol–water partition coefficient (Wildman–Crippen LogP) is 3.40. The van der Waals surface area contributed by atoms with E-state index in [0.29, 0.717) is 6.61 Å². The number of rotatable bonds is 3. The first-order valence-corrected chi connectivity index (χ1v) is 9.58. The highest BCUT2D eigenvalue weighted by molar-refractivity contribution is 5.75. The fourth-order valence-corrected chi connectivity index (χ4v) is 3.85. The second kappa shape index (κ2) is 6.90. The van der Waals surface area contributed by atoms with Crippen LogP contribution in [-0.4, -0.2) is 44.0 Å². The highest BCUT2D eigenvalue weighted by Gasteiger charge is 2.23. The molecule has 0 spiro atoms. The van der Waals surface area contributed by atoms with Gasteiger partial charge in [0.25, 0.3) is 0 Å². The number of imidazole rings is 1. The van der Waals surface area contributed by atoms with Crippen molar-refractivity contribution in [3.05, 3.63) is 42.1 Å². The van der Waals surface area contributed by atoms with Gasteiger partial charge in [-0.3, -0.25) is 0 Å². The zero-order chi connectivity index (χ0) is 18.2. The Morgan fingerprint density at radius 1 is 1.15 bits per heavy atom. The molecule has 3 aromatic heterocycles. The van der Waals surface area contributed by atoms with Crippen LogP contribution in [0.4, 0.5) is 0 Å². The molecule has 0 saturated carbocycles. The Bertz CT molecular complexity index is 997. The number of fused-ring (bicyclic) bond motifs is 1. The summed E-state index contributed by atoms with van der Waals surface area (Å²) in [6.45, 7) is 4.16. The Labute approximate surface area is 157 Å². The second-order valence-electron chi connectivity index (χ2n) is 7.12. The summed E-state index contributed by atoms with van der Waals surface area (Å²) in [7, 11) is 0. The van der Waals surface area contributed by atoms with E-state index >= 15 is 0 Å². The molecule has 3 aromatic rings. The van der Waals surface area contributed by atoms with E-state index in [1.807, 2.05) is 30.1 Å². The molecule has 0 amide bonds. The smallest absolute Gasteiger partial charge is 0.165 e. The molecule has 2 aliphatic rings. The molecule has 1 atom stereocenters. The molecular formula is C20H23N5O2. The van der Waals surface area contributed by atoms with Crippen molar-refractivity contribution in [3.8, 4) is 11.4 Å². The van der Waals surface area contributed by atoms with Crippen LogP contribution in [0, 0.1) is 6.92 Å². The lowest BCUT2D eigenvalue weighted by Crippen LogP contribution is -2.20. The summed E-state index contributed by atoms with van der Waals surface area (Å²) in [5.41, 5.74) is 5.80.